The summed E-state index contributed by atoms with van der Waals surface area (Å²) < 4.78 is 0. The minimum absolute atomic E-state index is 0.694. The van der Waals surface area contributed by atoms with Gasteiger partial charge in [-0.1, -0.05) is 103 Å². The van der Waals surface area contributed by atoms with Gasteiger partial charge in [0.2, 0.25) is 0 Å². The van der Waals surface area contributed by atoms with Gasteiger partial charge >= 0.3 is 0 Å². The van der Waals surface area contributed by atoms with Gasteiger partial charge in [-0.2, -0.15) is 0 Å². The predicted octanol–water partition coefficient (Wildman–Crippen LogP) is 5.27. The monoisotopic (exact) mass is 346 g/mol. The van der Waals surface area contributed by atoms with Crippen molar-refractivity contribution in [3.05, 3.63) is 108 Å². The largest absolute Gasteiger partial charge is 0.361 e. The number of amidine groups is 1. The lowest BCUT2D eigenvalue weighted by atomic mass is 10.2. The molecule has 126 valence electrons. The van der Waals surface area contributed by atoms with Gasteiger partial charge in [-0.3, -0.25) is 4.99 Å². The maximum Gasteiger partial charge on any atom is 0.157 e. The quantitative estimate of drug-likeness (QED) is 0.486. The standard InChI is InChI=1S/C22H22N2S/c1-4-10-19(11-5-1)16-23-22(24-17-20-12-6-2-7-13-20)25-18-21-14-8-3-9-15-21/h1-15H,16-18H2,(H,23,24). The minimum atomic E-state index is 0.694. The van der Waals surface area contributed by atoms with Crippen LogP contribution in [0.4, 0.5) is 0 Å². The van der Waals surface area contributed by atoms with E-state index in [4.69, 9.17) is 4.99 Å². The van der Waals surface area contributed by atoms with Crippen molar-refractivity contribution in [3.63, 3.8) is 0 Å². The molecule has 1 N–H and O–H groups in total. The Hall–Kier alpha value is -2.52. The zero-order chi connectivity index (χ0) is 17.2. The van der Waals surface area contributed by atoms with E-state index in [0.29, 0.717) is 6.54 Å². The van der Waals surface area contributed by atoms with Crippen molar-refractivity contribution in [1.82, 2.24) is 5.32 Å². The first-order valence-electron chi connectivity index (χ1n) is 8.43. The highest BCUT2D eigenvalue weighted by Crippen LogP contribution is 2.14. The number of benzene rings is 3. The van der Waals surface area contributed by atoms with Crippen LogP contribution in [0, 0.1) is 0 Å². The van der Waals surface area contributed by atoms with Gasteiger partial charge in [0.15, 0.2) is 5.17 Å². The molecule has 0 heterocycles. The van der Waals surface area contributed by atoms with E-state index in [0.717, 1.165) is 17.5 Å². The number of hydrogen-bond donors (Lipinski definition) is 1. The highest BCUT2D eigenvalue weighted by atomic mass is 32.2. The van der Waals surface area contributed by atoms with E-state index < -0.39 is 0 Å². The lowest BCUT2D eigenvalue weighted by Gasteiger charge is -2.10. The molecule has 0 aromatic heterocycles. The van der Waals surface area contributed by atoms with Crippen LogP contribution in [-0.2, 0) is 18.8 Å². The highest BCUT2D eigenvalue weighted by molar-refractivity contribution is 8.13. The van der Waals surface area contributed by atoms with Crippen LogP contribution in [0.5, 0.6) is 0 Å². The summed E-state index contributed by atoms with van der Waals surface area (Å²) in [4.78, 5) is 4.79. The fraction of sp³-hybridized carbons (Fsp3) is 0.136. The molecule has 0 amide bonds. The fourth-order valence-corrected chi connectivity index (χ4v) is 3.22. The lowest BCUT2D eigenvalue weighted by molar-refractivity contribution is 0.911. The molecule has 0 saturated heterocycles. The van der Waals surface area contributed by atoms with Gasteiger partial charge < -0.3 is 5.32 Å². The number of nitrogens with one attached hydrogen (secondary N) is 1. The van der Waals surface area contributed by atoms with Crippen LogP contribution in [0.3, 0.4) is 0 Å². The van der Waals surface area contributed by atoms with Crippen molar-refractivity contribution in [1.29, 1.82) is 0 Å². The summed E-state index contributed by atoms with van der Waals surface area (Å²) in [5, 5.41) is 4.47. The first-order chi connectivity index (χ1) is 12.4. The molecule has 3 heteroatoms. The Bertz CT molecular complexity index is 725. The minimum Gasteiger partial charge on any atom is -0.361 e. The summed E-state index contributed by atoms with van der Waals surface area (Å²) in [5.74, 6) is 0.913. The van der Waals surface area contributed by atoms with Crippen molar-refractivity contribution >= 4 is 16.9 Å². The molecule has 25 heavy (non-hydrogen) atoms. The number of aliphatic imine (C=N–C) groups is 1. The first-order valence-corrected chi connectivity index (χ1v) is 9.41. The van der Waals surface area contributed by atoms with Crippen LogP contribution < -0.4 is 5.32 Å². The molecule has 0 aliphatic carbocycles. The number of nitrogens with zero attached hydrogens (tertiary/aromatic N) is 1. The summed E-state index contributed by atoms with van der Waals surface area (Å²) in [7, 11) is 0. The van der Waals surface area contributed by atoms with E-state index in [1.165, 1.54) is 16.7 Å². The molecule has 0 aliphatic rings. The number of thioether (sulfide) groups is 1. The lowest BCUT2D eigenvalue weighted by Crippen LogP contribution is -2.20. The predicted molar refractivity (Wildman–Crippen MR) is 109 cm³/mol. The second-order valence-corrected chi connectivity index (χ2v) is 6.68. The van der Waals surface area contributed by atoms with Crippen LogP contribution in [0.25, 0.3) is 0 Å². The molecule has 0 unspecified atom stereocenters. The van der Waals surface area contributed by atoms with Gasteiger partial charge in [-0.05, 0) is 16.7 Å². The zero-order valence-electron chi connectivity index (χ0n) is 14.1. The molecule has 0 fully saturated rings. The van der Waals surface area contributed by atoms with Crippen LogP contribution in [0.2, 0.25) is 0 Å². The Morgan fingerprint density at radius 3 is 1.80 bits per heavy atom. The van der Waals surface area contributed by atoms with E-state index in [2.05, 4.69) is 78.1 Å². The maximum absolute atomic E-state index is 4.79. The van der Waals surface area contributed by atoms with E-state index >= 15 is 0 Å². The highest BCUT2D eigenvalue weighted by Gasteiger charge is 2.02. The molecule has 2 nitrogen and oxygen atoms in total. The van der Waals surface area contributed by atoms with Crippen molar-refractivity contribution in [2.24, 2.45) is 4.99 Å². The molecule has 3 aromatic carbocycles. The van der Waals surface area contributed by atoms with Gasteiger partial charge in [0.25, 0.3) is 0 Å². The molecular weight excluding hydrogens is 324 g/mol. The normalized spacial score (nSPS) is 11.3. The van der Waals surface area contributed by atoms with E-state index in [1.54, 1.807) is 11.8 Å². The Morgan fingerprint density at radius 2 is 1.20 bits per heavy atom. The molecule has 0 bridgehead atoms. The van der Waals surface area contributed by atoms with Crippen LogP contribution in [0.1, 0.15) is 16.7 Å². The summed E-state index contributed by atoms with van der Waals surface area (Å²) in [5.41, 5.74) is 3.79. The third-order valence-electron chi connectivity index (χ3n) is 3.75. The van der Waals surface area contributed by atoms with Crippen molar-refractivity contribution in [3.8, 4) is 0 Å². The number of hydrogen-bond acceptors (Lipinski definition) is 2. The molecule has 3 aromatic rings. The van der Waals surface area contributed by atoms with Crippen LogP contribution >= 0.6 is 11.8 Å². The van der Waals surface area contributed by atoms with Gasteiger partial charge in [0, 0.05) is 12.3 Å². The molecular formula is C22H22N2S. The fourth-order valence-electron chi connectivity index (χ4n) is 2.40. The SMILES string of the molecule is c1ccc(CN=C(NCc2ccccc2)SCc2ccccc2)cc1. The summed E-state index contributed by atoms with van der Waals surface area (Å²) in [6.07, 6.45) is 0. The summed E-state index contributed by atoms with van der Waals surface area (Å²) >= 11 is 1.75. The van der Waals surface area contributed by atoms with Gasteiger partial charge in [0.1, 0.15) is 0 Å². The maximum atomic E-state index is 4.79. The molecule has 0 spiro atoms. The molecule has 0 saturated carbocycles. The van der Waals surface area contributed by atoms with Crippen LogP contribution in [0.15, 0.2) is 96.0 Å². The Labute approximate surface area is 154 Å². The smallest absolute Gasteiger partial charge is 0.157 e. The van der Waals surface area contributed by atoms with Crippen molar-refractivity contribution < 1.29 is 0 Å². The Balaban J connectivity index is 1.64. The van der Waals surface area contributed by atoms with Crippen molar-refractivity contribution in [2.75, 3.05) is 0 Å². The zero-order valence-corrected chi connectivity index (χ0v) is 15.0. The Morgan fingerprint density at radius 1 is 0.680 bits per heavy atom. The molecule has 3 rings (SSSR count). The topological polar surface area (TPSA) is 24.4 Å². The van der Waals surface area contributed by atoms with Gasteiger partial charge in [-0.25, -0.2) is 0 Å². The average molecular weight is 346 g/mol. The molecule has 0 radical (unpaired) electrons. The summed E-state index contributed by atoms with van der Waals surface area (Å²) in [6, 6.07) is 31.3. The van der Waals surface area contributed by atoms with E-state index in [9.17, 15) is 0 Å². The third-order valence-corrected chi connectivity index (χ3v) is 4.78. The van der Waals surface area contributed by atoms with E-state index in [1.807, 2.05) is 18.2 Å². The Kier molecular flexibility index (Phi) is 6.71. The van der Waals surface area contributed by atoms with Crippen LogP contribution in [-0.4, -0.2) is 5.17 Å². The average Bonchev–Trinajstić information content (AvgIpc) is 2.70. The van der Waals surface area contributed by atoms with Crippen molar-refractivity contribution in [2.45, 2.75) is 18.8 Å². The second-order valence-electron chi connectivity index (χ2n) is 5.72. The third kappa shape index (κ3) is 6.12. The van der Waals surface area contributed by atoms with E-state index in [-0.39, 0.29) is 0 Å². The second kappa shape index (κ2) is 9.70. The molecule has 0 atom stereocenters. The van der Waals surface area contributed by atoms with Gasteiger partial charge in [0.05, 0.1) is 6.54 Å². The summed E-state index contributed by atoms with van der Waals surface area (Å²) in [6.45, 7) is 1.48. The van der Waals surface area contributed by atoms with Gasteiger partial charge in [-0.15, -0.1) is 0 Å². The first kappa shape index (κ1) is 17.3. The molecule has 0 aliphatic heterocycles. The number of rotatable bonds is 6.